The first-order chi connectivity index (χ1) is 12.3. The van der Waals surface area contributed by atoms with Gasteiger partial charge in [-0.3, -0.25) is 24.3 Å². The topological polar surface area (TPSA) is 93.2 Å². The Kier molecular flexibility index (Phi) is 7.00. The summed E-state index contributed by atoms with van der Waals surface area (Å²) >= 11 is 0. The van der Waals surface area contributed by atoms with Crippen molar-refractivity contribution in [2.75, 3.05) is 26.2 Å². The van der Waals surface area contributed by atoms with E-state index < -0.39 is 12.1 Å². The van der Waals surface area contributed by atoms with Gasteiger partial charge in [0.1, 0.15) is 0 Å². The van der Waals surface area contributed by atoms with Crippen LogP contribution in [0.4, 0.5) is 0 Å². The maximum Gasteiger partial charge on any atom is 0.260 e. The lowest BCUT2D eigenvalue weighted by Gasteiger charge is -2.30. The van der Waals surface area contributed by atoms with Crippen molar-refractivity contribution in [1.82, 2.24) is 20.2 Å². The van der Waals surface area contributed by atoms with Crippen molar-refractivity contribution in [3.63, 3.8) is 0 Å². The van der Waals surface area contributed by atoms with Gasteiger partial charge in [0.25, 0.3) is 5.91 Å². The lowest BCUT2D eigenvalue weighted by molar-refractivity contribution is -0.159. The van der Waals surface area contributed by atoms with Gasteiger partial charge in [-0.2, -0.15) is 0 Å². The van der Waals surface area contributed by atoms with Crippen molar-refractivity contribution in [3.05, 3.63) is 0 Å². The summed E-state index contributed by atoms with van der Waals surface area (Å²) in [5.74, 6) is -0.777. The number of likely N-dealkylation sites (tertiary alicyclic amines) is 1. The fraction of sp³-hybridized carbons (Fsp3) is 0.833. The van der Waals surface area contributed by atoms with Crippen LogP contribution in [-0.2, 0) is 14.4 Å². The van der Waals surface area contributed by atoms with Crippen LogP contribution in [-0.4, -0.2) is 82.1 Å². The van der Waals surface area contributed by atoms with Gasteiger partial charge in [0.05, 0.1) is 18.7 Å². The van der Waals surface area contributed by atoms with E-state index in [2.05, 4.69) is 5.32 Å². The maximum absolute atomic E-state index is 12.5. The number of β-amino-alcohol motifs (C(OH)–C–C–N with tert-alkyl or cyclic N) is 1. The Morgan fingerprint density at radius 2 is 1.81 bits per heavy atom. The fourth-order valence-electron chi connectivity index (χ4n) is 3.59. The largest absolute Gasteiger partial charge is 0.392 e. The molecule has 8 nitrogen and oxygen atoms in total. The first kappa shape index (κ1) is 20.6. The third kappa shape index (κ3) is 4.54. The van der Waals surface area contributed by atoms with E-state index in [1.165, 1.54) is 10.0 Å². The number of hydrogen-bond acceptors (Lipinski definition) is 5. The monoisotopic (exact) mass is 368 g/mol. The molecule has 148 valence electrons. The van der Waals surface area contributed by atoms with Crippen molar-refractivity contribution in [1.29, 1.82) is 0 Å². The van der Waals surface area contributed by atoms with Gasteiger partial charge >= 0.3 is 0 Å². The van der Waals surface area contributed by atoms with E-state index in [9.17, 15) is 19.5 Å². The number of carbonyl (C=O) groups excluding carboxylic acids is 3. The van der Waals surface area contributed by atoms with Gasteiger partial charge in [0.2, 0.25) is 11.8 Å². The zero-order chi connectivity index (χ0) is 19.4. The molecule has 0 aliphatic carbocycles. The number of hydrogen-bond donors (Lipinski definition) is 2. The number of carbonyl (C=O) groups is 3. The Hall–Kier alpha value is -1.67. The minimum atomic E-state index is -0.520. The SMILES string of the molecule is CCC(C)N1CC(O)CC1C(=O)NCC(=O)N1CCCN1C(=O)C(C)C. The third-order valence-electron chi connectivity index (χ3n) is 5.26. The maximum atomic E-state index is 12.5. The van der Waals surface area contributed by atoms with Crippen LogP contribution in [0.5, 0.6) is 0 Å². The average molecular weight is 368 g/mol. The summed E-state index contributed by atoms with van der Waals surface area (Å²) in [5, 5.41) is 15.6. The number of aliphatic hydroxyl groups is 1. The Balaban J connectivity index is 1.92. The zero-order valence-electron chi connectivity index (χ0n) is 16.3. The van der Waals surface area contributed by atoms with Gasteiger partial charge in [-0.15, -0.1) is 0 Å². The number of amides is 3. The summed E-state index contributed by atoms with van der Waals surface area (Å²) in [6.45, 7) is 9.05. The molecule has 2 saturated heterocycles. The molecular weight excluding hydrogens is 336 g/mol. The van der Waals surface area contributed by atoms with E-state index in [4.69, 9.17) is 0 Å². The molecule has 3 amide bonds. The highest BCUT2D eigenvalue weighted by atomic mass is 16.3. The normalized spacial score (nSPS) is 25.0. The number of nitrogens with zero attached hydrogens (tertiary/aromatic N) is 3. The first-order valence-corrected chi connectivity index (χ1v) is 9.59. The number of nitrogens with one attached hydrogen (secondary N) is 1. The van der Waals surface area contributed by atoms with Gasteiger partial charge in [0, 0.05) is 31.6 Å². The van der Waals surface area contributed by atoms with E-state index >= 15 is 0 Å². The molecule has 0 saturated carbocycles. The number of hydrazine groups is 1. The summed E-state index contributed by atoms with van der Waals surface area (Å²) in [5.41, 5.74) is 0. The second-order valence-electron chi connectivity index (χ2n) is 7.56. The summed E-state index contributed by atoms with van der Waals surface area (Å²) in [6.07, 6.45) is 1.49. The molecule has 8 heteroatoms. The van der Waals surface area contributed by atoms with Gasteiger partial charge in [0.15, 0.2) is 0 Å². The predicted octanol–water partition coefficient (Wildman–Crippen LogP) is -0.0318. The molecule has 0 aromatic carbocycles. The van der Waals surface area contributed by atoms with Crippen LogP contribution in [0.15, 0.2) is 0 Å². The molecule has 0 radical (unpaired) electrons. The highest BCUT2D eigenvalue weighted by Gasteiger charge is 2.38. The minimum absolute atomic E-state index is 0.0796. The standard InChI is InChI=1S/C18H32N4O4/c1-5-13(4)20-11-14(23)9-15(20)17(25)19-10-16(24)21-7-6-8-22(21)18(26)12(2)3/h12-15,23H,5-11H2,1-4H3,(H,19,25). The van der Waals surface area contributed by atoms with Crippen LogP contribution < -0.4 is 5.32 Å². The molecule has 2 heterocycles. The molecule has 2 rings (SSSR count). The first-order valence-electron chi connectivity index (χ1n) is 9.59. The van der Waals surface area contributed by atoms with Crippen molar-refractivity contribution in [3.8, 4) is 0 Å². The van der Waals surface area contributed by atoms with Crippen molar-refractivity contribution in [2.24, 2.45) is 5.92 Å². The van der Waals surface area contributed by atoms with Crippen molar-refractivity contribution >= 4 is 17.7 Å². The second kappa shape index (κ2) is 8.81. The predicted molar refractivity (Wildman–Crippen MR) is 96.8 cm³/mol. The molecule has 2 aliphatic rings. The van der Waals surface area contributed by atoms with E-state index in [-0.39, 0.29) is 36.2 Å². The van der Waals surface area contributed by atoms with Crippen LogP contribution in [0, 0.1) is 5.92 Å². The summed E-state index contributed by atoms with van der Waals surface area (Å²) in [4.78, 5) is 39.2. The fourth-order valence-corrected chi connectivity index (χ4v) is 3.59. The lowest BCUT2D eigenvalue weighted by atomic mass is 10.1. The van der Waals surface area contributed by atoms with E-state index in [1.54, 1.807) is 13.8 Å². The van der Waals surface area contributed by atoms with Crippen molar-refractivity contribution in [2.45, 2.75) is 65.1 Å². The molecule has 0 bridgehead atoms. The Morgan fingerprint density at radius 3 is 2.42 bits per heavy atom. The van der Waals surface area contributed by atoms with Crippen LogP contribution in [0.1, 0.15) is 47.0 Å². The molecule has 3 unspecified atom stereocenters. The smallest absolute Gasteiger partial charge is 0.260 e. The summed E-state index contributed by atoms with van der Waals surface area (Å²) in [7, 11) is 0. The van der Waals surface area contributed by atoms with Crippen LogP contribution in [0.2, 0.25) is 0 Å². The average Bonchev–Trinajstić information content (AvgIpc) is 3.24. The van der Waals surface area contributed by atoms with Gasteiger partial charge < -0.3 is 10.4 Å². The highest BCUT2D eigenvalue weighted by molar-refractivity contribution is 5.89. The van der Waals surface area contributed by atoms with E-state index in [1.807, 2.05) is 18.7 Å². The second-order valence-corrected chi connectivity index (χ2v) is 7.56. The Bertz CT molecular complexity index is 539. The van der Waals surface area contributed by atoms with Gasteiger partial charge in [-0.25, -0.2) is 5.01 Å². The lowest BCUT2D eigenvalue weighted by Crippen LogP contribution is -2.52. The molecule has 0 aromatic heterocycles. The molecule has 2 fully saturated rings. The molecular formula is C18H32N4O4. The van der Waals surface area contributed by atoms with Crippen LogP contribution in [0.3, 0.4) is 0 Å². The van der Waals surface area contributed by atoms with Gasteiger partial charge in [-0.1, -0.05) is 20.8 Å². The van der Waals surface area contributed by atoms with Crippen molar-refractivity contribution < 1.29 is 19.5 Å². The summed E-state index contributed by atoms with van der Waals surface area (Å²) < 4.78 is 0. The number of aliphatic hydroxyl groups excluding tert-OH is 1. The Morgan fingerprint density at radius 1 is 1.15 bits per heavy atom. The summed E-state index contributed by atoms with van der Waals surface area (Å²) in [6, 6.07) is -0.226. The van der Waals surface area contributed by atoms with Gasteiger partial charge in [-0.05, 0) is 26.2 Å². The molecule has 2 aliphatic heterocycles. The molecule has 26 heavy (non-hydrogen) atoms. The Labute approximate surface area is 155 Å². The van der Waals surface area contributed by atoms with Crippen LogP contribution in [0.25, 0.3) is 0 Å². The van der Waals surface area contributed by atoms with E-state index in [0.29, 0.717) is 26.1 Å². The molecule has 2 N–H and O–H groups in total. The number of rotatable bonds is 6. The third-order valence-corrected chi connectivity index (χ3v) is 5.26. The van der Waals surface area contributed by atoms with E-state index in [0.717, 1.165) is 12.8 Å². The molecule has 0 aromatic rings. The highest BCUT2D eigenvalue weighted by Crippen LogP contribution is 2.22. The molecule has 0 spiro atoms. The minimum Gasteiger partial charge on any atom is -0.392 e. The molecule has 3 atom stereocenters. The van der Waals surface area contributed by atoms with Crippen LogP contribution >= 0.6 is 0 Å². The zero-order valence-corrected chi connectivity index (χ0v) is 16.3. The quantitative estimate of drug-likeness (QED) is 0.687.